The zero-order chi connectivity index (χ0) is 11.3. The van der Waals surface area contributed by atoms with Gasteiger partial charge >= 0.3 is 5.97 Å². The fourth-order valence-electron chi connectivity index (χ4n) is 1.16. The van der Waals surface area contributed by atoms with Crippen LogP contribution in [0.5, 0.6) is 0 Å². The summed E-state index contributed by atoms with van der Waals surface area (Å²) < 4.78 is 6.12. The number of carbonyl (C=O) groups is 2. The van der Waals surface area contributed by atoms with Gasteiger partial charge in [-0.1, -0.05) is 0 Å². The normalized spacial score (nSPS) is 11.9. The van der Waals surface area contributed by atoms with Crippen molar-refractivity contribution in [1.82, 2.24) is 15.1 Å². The average molecular weight is 211 g/mol. The van der Waals surface area contributed by atoms with Gasteiger partial charge in [0.1, 0.15) is 6.04 Å². The van der Waals surface area contributed by atoms with Crippen molar-refractivity contribution in [3.05, 3.63) is 18.5 Å². The van der Waals surface area contributed by atoms with Crippen LogP contribution in [0.25, 0.3) is 0 Å². The van der Waals surface area contributed by atoms with Crippen LogP contribution in [0.1, 0.15) is 6.92 Å². The van der Waals surface area contributed by atoms with Crippen molar-refractivity contribution in [2.24, 2.45) is 0 Å². The summed E-state index contributed by atoms with van der Waals surface area (Å²) in [5, 5.41) is 6.43. The molecule has 0 aliphatic rings. The Labute approximate surface area is 87.2 Å². The van der Waals surface area contributed by atoms with Crippen LogP contribution in [0.4, 0.5) is 0 Å². The molecule has 0 aliphatic carbocycles. The highest BCUT2D eigenvalue weighted by atomic mass is 16.5. The molecule has 15 heavy (non-hydrogen) atoms. The molecule has 0 saturated heterocycles. The highest BCUT2D eigenvalue weighted by Crippen LogP contribution is 1.94. The number of esters is 1. The molecule has 6 nitrogen and oxygen atoms in total. The number of carbonyl (C=O) groups excluding carboxylic acids is 2. The smallest absolute Gasteiger partial charge is 0.330 e. The van der Waals surface area contributed by atoms with Gasteiger partial charge in [-0.25, -0.2) is 4.79 Å². The van der Waals surface area contributed by atoms with E-state index in [1.807, 2.05) is 0 Å². The average Bonchev–Trinajstić information content (AvgIpc) is 2.67. The minimum absolute atomic E-state index is 0.263. The van der Waals surface area contributed by atoms with Crippen LogP contribution in [0.3, 0.4) is 0 Å². The largest absolute Gasteiger partial charge is 0.467 e. The fourth-order valence-corrected chi connectivity index (χ4v) is 1.16. The van der Waals surface area contributed by atoms with E-state index in [1.165, 1.54) is 14.0 Å². The van der Waals surface area contributed by atoms with Gasteiger partial charge in [-0.3, -0.25) is 9.48 Å². The molecular weight excluding hydrogens is 198 g/mol. The first-order chi connectivity index (χ1) is 7.13. The Morgan fingerprint density at radius 2 is 2.33 bits per heavy atom. The summed E-state index contributed by atoms with van der Waals surface area (Å²) in [6, 6.07) is 1.04. The first-order valence-electron chi connectivity index (χ1n) is 4.46. The van der Waals surface area contributed by atoms with Gasteiger partial charge in [0.25, 0.3) is 0 Å². The lowest BCUT2D eigenvalue weighted by molar-refractivity contribution is -0.145. The first-order valence-corrected chi connectivity index (χ1v) is 4.46. The van der Waals surface area contributed by atoms with Crippen molar-refractivity contribution in [3.63, 3.8) is 0 Å². The second-order valence-corrected chi connectivity index (χ2v) is 3.00. The summed E-state index contributed by atoms with van der Waals surface area (Å²) in [6.45, 7) is 1.61. The van der Waals surface area contributed by atoms with Crippen molar-refractivity contribution in [2.45, 2.75) is 19.5 Å². The van der Waals surface area contributed by atoms with Gasteiger partial charge in [-0.15, -0.1) is 0 Å². The van der Waals surface area contributed by atoms with Crippen LogP contribution in [0.2, 0.25) is 0 Å². The van der Waals surface area contributed by atoms with Crippen molar-refractivity contribution in [3.8, 4) is 0 Å². The predicted octanol–water partition coefficient (Wildman–Crippen LogP) is -0.439. The molecule has 1 N–H and O–H groups in total. The van der Waals surface area contributed by atoms with E-state index in [2.05, 4.69) is 15.2 Å². The fraction of sp³-hybridized carbons (Fsp3) is 0.444. The van der Waals surface area contributed by atoms with Crippen molar-refractivity contribution in [2.75, 3.05) is 7.11 Å². The van der Waals surface area contributed by atoms with E-state index in [1.54, 1.807) is 23.1 Å². The van der Waals surface area contributed by atoms with Crippen LogP contribution in [0.15, 0.2) is 18.5 Å². The molecule has 0 aliphatic heterocycles. The molecule has 1 unspecified atom stereocenters. The molecule has 1 aromatic rings. The van der Waals surface area contributed by atoms with Gasteiger partial charge in [-0.2, -0.15) is 5.10 Å². The van der Waals surface area contributed by atoms with Gasteiger partial charge in [-0.05, 0) is 6.07 Å². The number of amides is 1. The molecule has 1 atom stereocenters. The summed E-state index contributed by atoms with van der Waals surface area (Å²) in [6.07, 6.45) is 3.31. The van der Waals surface area contributed by atoms with E-state index in [0.717, 1.165) is 0 Å². The van der Waals surface area contributed by atoms with E-state index >= 15 is 0 Å². The van der Waals surface area contributed by atoms with Gasteiger partial charge in [0.2, 0.25) is 5.91 Å². The zero-order valence-corrected chi connectivity index (χ0v) is 8.64. The number of nitrogens with one attached hydrogen (secondary N) is 1. The number of ether oxygens (including phenoxy) is 1. The lowest BCUT2D eigenvalue weighted by Gasteiger charge is -2.15. The predicted molar refractivity (Wildman–Crippen MR) is 51.8 cm³/mol. The maximum Gasteiger partial charge on any atom is 0.330 e. The molecule has 1 aromatic heterocycles. The third-order valence-electron chi connectivity index (χ3n) is 1.79. The minimum Gasteiger partial charge on any atom is -0.467 e. The molecule has 0 bridgehead atoms. The summed E-state index contributed by atoms with van der Waals surface area (Å²) in [4.78, 5) is 22.2. The molecular formula is C9H13N3O3. The second-order valence-electron chi connectivity index (χ2n) is 3.00. The molecule has 1 amide bonds. The molecule has 1 rings (SSSR count). The molecule has 0 saturated carbocycles. The highest BCUT2D eigenvalue weighted by molar-refractivity contribution is 5.83. The standard InChI is InChI=1S/C9H13N3O3/c1-7(13)11-8(9(14)15-2)6-12-5-3-4-10-12/h3-5,8H,6H2,1-2H3,(H,11,13). The van der Waals surface area contributed by atoms with Crippen molar-refractivity contribution >= 4 is 11.9 Å². The van der Waals surface area contributed by atoms with E-state index in [4.69, 9.17) is 0 Å². The lowest BCUT2D eigenvalue weighted by atomic mass is 10.3. The van der Waals surface area contributed by atoms with E-state index < -0.39 is 12.0 Å². The Hall–Kier alpha value is -1.85. The Balaban J connectivity index is 2.64. The Morgan fingerprint density at radius 3 is 2.80 bits per heavy atom. The minimum atomic E-state index is -0.701. The third-order valence-corrected chi connectivity index (χ3v) is 1.79. The molecule has 0 spiro atoms. The monoisotopic (exact) mass is 211 g/mol. The van der Waals surface area contributed by atoms with E-state index in [-0.39, 0.29) is 12.5 Å². The zero-order valence-electron chi connectivity index (χ0n) is 8.64. The molecule has 82 valence electrons. The van der Waals surface area contributed by atoms with Crippen LogP contribution < -0.4 is 5.32 Å². The van der Waals surface area contributed by atoms with Gasteiger partial charge in [0.15, 0.2) is 0 Å². The maximum atomic E-state index is 11.3. The Kier molecular flexibility index (Phi) is 3.84. The number of hydrogen-bond acceptors (Lipinski definition) is 4. The maximum absolute atomic E-state index is 11.3. The lowest BCUT2D eigenvalue weighted by Crippen LogP contribution is -2.43. The summed E-state index contributed by atoms with van der Waals surface area (Å²) in [5.41, 5.74) is 0. The molecule has 1 heterocycles. The van der Waals surface area contributed by atoms with Crippen molar-refractivity contribution in [1.29, 1.82) is 0 Å². The van der Waals surface area contributed by atoms with Gasteiger partial charge in [0, 0.05) is 19.3 Å². The molecule has 0 radical (unpaired) electrons. The number of hydrogen-bond donors (Lipinski definition) is 1. The van der Waals surface area contributed by atoms with Crippen LogP contribution in [0, 0.1) is 0 Å². The summed E-state index contributed by atoms with van der Waals surface area (Å²) in [7, 11) is 1.28. The van der Waals surface area contributed by atoms with Gasteiger partial charge in [0.05, 0.1) is 13.7 Å². The second kappa shape index (κ2) is 5.14. The van der Waals surface area contributed by atoms with Crippen LogP contribution in [-0.4, -0.2) is 34.8 Å². The Morgan fingerprint density at radius 1 is 1.60 bits per heavy atom. The number of methoxy groups -OCH3 is 1. The van der Waals surface area contributed by atoms with Crippen molar-refractivity contribution < 1.29 is 14.3 Å². The molecule has 6 heteroatoms. The SMILES string of the molecule is COC(=O)C(Cn1cccn1)NC(C)=O. The topological polar surface area (TPSA) is 73.2 Å². The summed E-state index contributed by atoms with van der Waals surface area (Å²) in [5.74, 6) is -0.766. The highest BCUT2D eigenvalue weighted by Gasteiger charge is 2.20. The quantitative estimate of drug-likeness (QED) is 0.685. The molecule has 0 aromatic carbocycles. The van der Waals surface area contributed by atoms with Gasteiger partial charge < -0.3 is 10.1 Å². The Bertz CT molecular complexity index is 334. The number of aromatic nitrogens is 2. The summed E-state index contributed by atoms with van der Waals surface area (Å²) >= 11 is 0. The van der Waals surface area contributed by atoms with E-state index in [0.29, 0.717) is 0 Å². The number of nitrogens with zero attached hydrogens (tertiary/aromatic N) is 2. The first kappa shape index (κ1) is 11.2. The van der Waals surface area contributed by atoms with E-state index in [9.17, 15) is 9.59 Å². The third kappa shape index (κ3) is 3.41. The van der Waals surface area contributed by atoms with Crippen LogP contribution in [-0.2, 0) is 20.9 Å². The number of rotatable bonds is 4. The van der Waals surface area contributed by atoms with Crippen LogP contribution >= 0.6 is 0 Å². The molecule has 0 fully saturated rings.